The van der Waals surface area contributed by atoms with Gasteiger partial charge in [0.2, 0.25) is 0 Å². The summed E-state index contributed by atoms with van der Waals surface area (Å²) in [6, 6.07) is 9.99. The second kappa shape index (κ2) is 6.49. The Hall–Kier alpha value is -3.22. The number of hydrogen-bond donors (Lipinski definition) is 1. The second-order valence-electron chi connectivity index (χ2n) is 5.12. The van der Waals surface area contributed by atoms with Gasteiger partial charge < -0.3 is 10.1 Å². The molecule has 7 nitrogen and oxygen atoms in total. The SMILES string of the molecule is COc1ccccc1C(=O)NCCN1C(=O)c2cccnc2C1=O. The molecule has 1 N–H and O–H groups in total. The molecule has 0 spiro atoms. The minimum Gasteiger partial charge on any atom is -0.496 e. The van der Waals surface area contributed by atoms with Crippen molar-refractivity contribution in [3.8, 4) is 5.75 Å². The minimum atomic E-state index is -0.442. The first-order chi connectivity index (χ1) is 11.6. The van der Waals surface area contributed by atoms with Crippen molar-refractivity contribution in [2.75, 3.05) is 20.2 Å². The number of hydrogen-bond acceptors (Lipinski definition) is 5. The number of methoxy groups -OCH3 is 1. The van der Waals surface area contributed by atoms with Crippen molar-refractivity contribution in [1.29, 1.82) is 0 Å². The number of rotatable bonds is 5. The average molecular weight is 325 g/mol. The van der Waals surface area contributed by atoms with Crippen molar-refractivity contribution in [2.24, 2.45) is 0 Å². The normalized spacial score (nSPS) is 13.0. The fraction of sp³-hybridized carbons (Fsp3) is 0.176. The fourth-order valence-electron chi connectivity index (χ4n) is 2.53. The summed E-state index contributed by atoms with van der Waals surface area (Å²) in [5.41, 5.74) is 0.834. The van der Waals surface area contributed by atoms with Crippen LogP contribution in [-0.2, 0) is 0 Å². The molecule has 1 aliphatic rings. The van der Waals surface area contributed by atoms with E-state index in [1.807, 2.05) is 0 Å². The molecule has 0 aliphatic carbocycles. The zero-order valence-corrected chi connectivity index (χ0v) is 13.0. The lowest BCUT2D eigenvalue weighted by molar-refractivity contribution is 0.0648. The maximum atomic E-state index is 12.2. The molecule has 1 aromatic carbocycles. The van der Waals surface area contributed by atoms with E-state index in [9.17, 15) is 14.4 Å². The molecule has 3 amide bonds. The zero-order valence-electron chi connectivity index (χ0n) is 13.0. The second-order valence-corrected chi connectivity index (χ2v) is 5.12. The Morgan fingerprint density at radius 3 is 2.71 bits per heavy atom. The molecule has 24 heavy (non-hydrogen) atoms. The molecular formula is C17H15N3O4. The molecule has 0 fully saturated rings. The van der Waals surface area contributed by atoms with Gasteiger partial charge in [-0.2, -0.15) is 0 Å². The zero-order chi connectivity index (χ0) is 17.1. The quantitative estimate of drug-likeness (QED) is 0.832. The monoisotopic (exact) mass is 325 g/mol. The van der Waals surface area contributed by atoms with Gasteiger partial charge in [0.15, 0.2) is 0 Å². The summed E-state index contributed by atoms with van der Waals surface area (Å²) in [5.74, 6) is -0.709. The summed E-state index contributed by atoms with van der Waals surface area (Å²) in [6.07, 6.45) is 1.47. The Balaban J connectivity index is 1.62. The van der Waals surface area contributed by atoms with Gasteiger partial charge in [-0.25, -0.2) is 0 Å². The Morgan fingerprint density at radius 2 is 1.96 bits per heavy atom. The highest BCUT2D eigenvalue weighted by atomic mass is 16.5. The van der Waals surface area contributed by atoms with Crippen molar-refractivity contribution in [2.45, 2.75) is 0 Å². The number of benzene rings is 1. The van der Waals surface area contributed by atoms with Gasteiger partial charge in [-0.3, -0.25) is 24.3 Å². The number of pyridine rings is 1. The van der Waals surface area contributed by atoms with E-state index in [-0.39, 0.29) is 24.7 Å². The average Bonchev–Trinajstić information content (AvgIpc) is 2.86. The summed E-state index contributed by atoms with van der Waals surface area (Å²) in [5, 5.41) is 2.68. The number of para-hydroxylation sites is 1. The molecule has 0 bridgehead atoms. The summed E-state index contributed by atoms with van der Waals surface area (Å²) in [7, 11) is 1.48. The molecule has 0 atom stereocenters. The number of nitrogens with zero attached hydrogens (tertiary/aromatic N) is 2. The third-order valence-electron chi connectivity index (χ3n) is 3.70. The van der Waals surface area contributed by atoms with Crippen molar-refractivity contribution in [1.82, 2.24) is 15.2 Å². The molecule has 122 valence electrons. The van der Waals surface area contributed by atoms with Crippen LogP contribution in [0.3, 0.4) is 0 Å². The minimum absolute atomic E-state index is 0.0783. The lowest BCUT2D eigenvalue weighted by Gasteiger charge is -2.14. The maximum Gasteiger partial charge on any atom is 0.280 e. The van der Waals surface area contributed by atoms with Crippen LogP contribution in [0.25, 0.3) is 0 Å². The highest BCUT2D eigenvalue weighted by molar-refractivity contribution is 6.20. The van der Waals surface area contributed by atoms with Crippen molar-refractivity contribution in [3.05, 3.63) is 59.4 Å². The number of carbonyl (C=O) groups is 3. The van der Waals surface area contributed by atoms with Crippen LogP contribution in [0, 0.1) is 0 Å². The Bertz CT molecular complexity index is 784. The molecular weight excluding hydrogens is 310 g/mol. The van der Waals surface area contributed by atoms with Gasteiger partial charge in [-0.05, 0) is 24.3 Å². The molecule has 2 aromatic rings. The van der Waals surface area contributed by atoms with E-state index in [1.54, 1.807) is 36.4 Å². The molecule has 7 heteroatoms. The summed E-state index contributed by atoms with van der Waals surface area (Å²) in [6.45, 7) is 0.220. The largest absolute Gasteiger partial charge is 0.496 e. The van der Waals surface area contributed by atoms with Crippen LogP contribution in [0.4, 0.5) is 0 Å². The number of fused-ring (bicyclic) bond motifs is 1. The van der Waals surface area contributed by atoms with Gasteiger partial charge in [-0.15, -0.1) is 0 Å². The molecule has 0 saturated carbocycles. The van der Waals surface area contributed by atoms with E-state index < -0.39 is 11.8 Å². The molecule has 3 rings (SSSR count). The Morgan fingerprint density at radius 1 is 1.17 bits per heavy atom. The van der Waals surface area contributed by atoms with Gasteiger partial charge in [-0.1, -0.05) is 12.1 Å². The van der Waals surface area contributed by atoms with Crippen LogP contribution in [0.5, 0.6) is 5.75 Å². The molecule has 0 unspecified atom stereocenters. The Kier molecular flexibility index (Phi) is 4.24. The molecule has 1 aromatic heterocycles. The van der Waals surface area contributed by atoms with Gasteiger partial charge >= 0.3 is 0 Å². The maximum absolute atomic E-state index is 12.2. The lowest BCUT2D eigenvalue weighted by Crippen LogP contribution is -2.38. The van der Waals surface area contributed by atoms with E-state index in [1.165, 1.54) is 13.3 Å². The number of carbonyl (C=O) groups excluding carboxylic acids is 3. The fourth-order valence-corrected chi connectivity index (χ4v) is 2.53. The number of amides is 3. The summed E-state index contributed by atoms with van der Waals surface area (Å²) >= 11 is 0. The number of nitrogens with one attached hydrogen (secondary N) is 1. The predicted octanol–water partition coefficient (Wildman–Crippen LogP) is 1.12. The highest BCUT2D eigenvalue weighted by Crippen LogP contribution is 2.20. The topological polar surface area (TPSA) is 88.6 Å². The first-order valence-electron chi connectivity index (χ1n) is 7.36. The standard InChI is InChI=1S/C17H15N3O4/c1-24-13-7-3-2-5-11(13)15(21)19-9-10-20-16(22)12-6-4-8-18-14(12)17(20)23/h2-8H,9-10H2,1H3,(H,19,21). The van der Waals surface area contributed by atoms with Crippen LogP contribution in [0.1, 0.15) is 31.2 Å². The summed E-state index contributed by atoms with van der Waals surface area (Å²) in [4.78, 5) is 41.6. The summed E-state index contributed by atoms with van der Waals surface area (Å²) < 4.78 is 5.13. The molecule has 2 heterocycles. The van der Waals surface area contributed by atoms with Crippen molar-refractivity contribution < 1.29 is 19.1 Å². The Labute approximate surface area is 138 Å². The van der Waals surface area contributed by atoms with E-state index in [4.69, 9.17) is 4.74 Å². The number of aromatic nitrogens is 1. The molecule has 0 saturated heterocycles. The van der Waals surface area contributed by atoms with Crippen LogP contribution < -0.4 is 10.1 Å². The van der Waals surface area contributed by atoms with Crippen molar-refractivity contribution in [3.63, 3.8) is 0 Å². The van der Waals surface area contributed by atoms with Crippen LogP contribution in [0.15, 0.2) is 42.6 Å². The van der Waals surface area contributed by atoms with E-state index in [0.717, 1.165) is 4.90 Å². The molecule has 1 aliphatic heterocycles. The van der Waals surface area contributed by atoms with Gasteiger partial charge in [0.05, 0.1) is 18.2 Å². The van der Waals surface area contributed by atoms with E-state index >= 15 is 0 Å². The number of imide groups is 1. The van der Waals surface area contributed by atoms with Crippen LogP contribution in [-0.4, -0.2) is 47.8 Å². The van der Waals surface area contributed by atoms with Crippen LogP contribution >= 0.6 is 0 Å². The van der Waals surface area contributed by atoms with Gasteiger partial charge in [0, 0.05) is 19.3 Å². The third kappa shape index (κ3) is 2.71. The first kappa shape index (κ1) is 15.7. The first-order valence-corrected chi connectivity index (χ1v) is 7.36. The smallest absolute Gasteiger partial charge is 0.280 e. The van der Waals surface area contributed by atoms with Crippen LogP contribution in [0.2, 0.25) is 0 Å². The van der Waals surface area contributed by atoms with Gasteiger partial charge in [0.25, 0.3) is 17.7 Å². The highest BCUT2D eigenvalue weighted by Gasteiger charge is 2.36. The van der Waals surface area contributed by atoms with Crippen molar-refractivity contribution >= 4 is 17.7 Å². The third-order valence-corrected chi connectivity index (χ3v) is 3.70. The lowest BCUT2D eigenvalue weighted by atomic mass is 10.2. The number of ether oxygens (including phenoxy) is 1. The predicted molar refractivity (Wildman–Crippen MR) is 84.9 cm³/mol. The van der Waals surface area contributed by atoms with E-state index in [2.05, 4.69) is 10.3 Å². The molecule has 0 radical (unpaired) electrons. The van der Waals surface area contributed by atoms with Gasteiger partial charge in [0.1, 0.15) is 11.4 Å². The van der Waals surface area contributed by atoms with E-state index in [0.29, 0.717) is 16.9 Å².